The van der Waals surface area contributed by atoms with Crippen molar-refractivity contribution in [3.05, 3.63) is 59.8 Å². The second-order valence-corrected chi connectivity index (χ2v) is 4.13. The Kier molecular flexibility index (Phi) is 4.50. The first kappa shape index (κ1) is 13.1. The molecule has 4 nitrogen and oxygen atoms in total. The van der Waals surface area contributed by atoms with Crippen molar-refractivity contribution < 1.29 is 4.79 Å². The third-order valence-corrected chi connectivity index (χ3v) is 2.68. The highest BCUT2D eigenvalue weighted by Gasteiger charge is 2.05. The fraction of sp³-hybridized carbons (Fsp3) is 0.200. The molecule has 0 aliphatic carbocycles. The van der Waals surface area contributed by atoms with Crippen molar-refractivity contribution in [3.8, 4) is 0 Å². The van der Waals surface area contributed by atoms with Crippen LogP contribution in [0, 0.1) is 0 Å². The fourth-order valence-electron chi connectivity index (χ4n) is 1.69. The van der Waals surface area contributed by atoms with Gasteiger partial charge in [-0.05, 0) is 24.6 Å². The predicted molar refractivity (Wildman–Crippen MR) is 76.0 cm³/mol. The van der Waals surface area contributed by atoms with E-state index < -0.39 is 0 Å². The minimum atomic E-state index is -0.112. The van der Waals surface area contributed by atoms with Crippen molar-refractivity contribution in [2.45, 2.75) is 13.5 Å². The number of pyridine rings is 1. The molecule has 1 aromatic carbocycles. The number of rotatable bonds is 5. The third kappa shape index (κ3) is 3.81. The van der Waals surface area contributed by atoms with E-state index in [2.05, 4.69) is 15.6 Å². The lowest BCUT2D eigenvalue weighted by atomic mass is 10.2. The Bertz CT molecular complexity index is 523. The molecule has 0 bridgehead atoms. The van der Waals surface area contributed by atoms with Crippen molar-refractivity contribution in [3.63, 3.8) is 0 Å². The molecule has 0 saturated carbocycles. The normalized spacial score (nSPS) is 9.95. The van der Waals surface area contributed by atoms with Crippen LogP contribution in [0.15, 0.2) is 48.7 Å². The molecule has 2 N–H and O–H groups in total. The number of aromatic nitrogens is 1. The summed E-state index contributed by atoms with van der Waals surface area (Å²) in [6.07, 6.45) is 1.58. The number of benzene rings is 1. The van der Waals surface area contributed by atoms with Gasteiger partial charge >= 0.3 is 0 Å². The second-order valence-electron chi connectivity index (χ2n) is 4.13. The van der Waals surface area contributed by atoms with Gasteiger partial charge in [0.25, 0.3) is 5.91 Å². The Hall–Kier alpha value is -2.36. The van der Waals surface area contributed by atoms with Crippen LogP contribution in [-0.2, 0) is 6.54 Å². The fourth-order valence-corrected chi connectivity index (χ4v) is 1.69. The number of nitrogens with zero attached hydrogens (tertiary/aromatic N) is 1. The van der Waals surface area contributed by atoms with E-state index in [4.69, 9.17) is 0 Å². The van der Waals surface area contributed by atoms with Gasteiger partial charge in [0.05, 0.1) is 5.56 Å². The average Bonchev–Trinajstić information content (AvgIpc) is 2.47. The highest BCUT2D eigenvalue weighted by molar-refractivity contribution is 5.93. The Morgan fingerprint density at radius 1 is 1.16 bits per heavy atom. The van der Waals surface area contributed by atoms with Gasteiger partial charge in [0.15, 0.2) is 0 Å². The maximum absolute atomic E-state index is 11.9. The molecule has 0 atom stereocenters. The number of nitrogens with one attached hydrogen (secondary N) is 2. The predicted octanol–water partition coefficient (Wildman–Crippen LogP) is 2.44. The molecular formula is C15H17N3O. The van der Waals surface area contributed by atoms with E-state index in [1.807, 2.05) is 37.3 Å². The Balaban J connectivity index is 1.92. The van der Waals surface area contributed by atoms with E-state index in [-0.39, 0.29) is 5.91 Å². The summed E-state index contributed by atoms with van der Waals surface area (Å²) in [5.41, 5.74) is 1.64. The maximum atomic E-state index is 11.9. The molecule has 0 aliphatic heterocycles. The Labute approximate surface area is 112 Å². The molecule has 1 amide bonds. The zero-order valence-electron chi connectivity index (χ0n) is 10.9. The molecule has 2 aromatic rings. The molecule has 1 heterocycles. The van der Waals surface area contributed by atoms with E-state index in [1.54, 1.807) is 18.3 Å². The summed E-state index contributed by atoms with van der Waals surface area (Å²) in [7, 11) is 0. The van der Waals surface area contributed by atoms with Crippen LogP contribution in [0.4, 0.5) is 5.82 Å². The molecule has 98 valence electrons. The lowest BCUT2D eigenvalue weighted by Gasteiger charge is -2.06. The van der Waals surface area contributed by atoms with Gasteiger partial charge in [0, 0.05) is 19.3 Å². The zero-order valence-corrected chi connectivity index (χ0v) is 10.9. The molecular weight excluding hydrogens is 238 g/mol. The number of hydrogen-bond acceptors (Lipinski definition) is 3. The van der Waals surface area contributed by atoms with E-state index in [9.17, 15) is 4.79 Å². The van der Waals surface area contributed by atoms with Gasteiger partial charge in [-0.3, -0.25) is 4.79 Å². The van der Waals surface area contributed by atoms with Crippen molar-refractivity contribution in [1.29, 1.82) is 0 Å². The summed E-state index contributed by atoms with van der Waals surface area (Å²) < 4.78 is 0. The number of carbonyl (C=O) groups excluding carboxylic acids is 1. The summed E-state index contributed by atoms with van der Waals surface area (Å²) in [5, 5.41) is 5.96. The van der Waals surface area contributed by atoms with Gasteiger partial charge in [0.1, 0.15) is 5.82 Å². The molecule has 19 heavy (non-hydrogen) atoms. The quantitative estimate of drug-likeness (QED) is 0.862. The number of hydrogen-bond donors (Lipinski definition) is 2. The van der Waals surface area contributed by atoms with Gasteiger partial charge in [-0.1, -0.05) is 30.3 Å². The summed E-state index contributed by atoms with van der Waals surface area (Å²) in [6, 6.07) is 13.4. The summed E-state index contributed by atoms with van der Waals surface area (Å²) in [5.74, 6) is 0.668. The van der Waals surface area contributed by atoms with Crippen LogP contribution in [0.2, 0.25) is 0 Å². The molecule has 1 aromatic heterocycles. The molecule has 0 spiro atoms. The summed E-state index contributed by atoms with van der Waals surface area (Å²) in [6.45, 7) is 3.34. The average molecular weight is 255 g/mol. The van der Waals surface area contributed by atoms with Crippen LogP contribution in [0.1, 0.15) is 22.8 Å². The van der Waals surface area contributed by atoms with E-state index in [1.165, 1.54) is 0 Å². The van der Waals surface area contributed by atoms with Gasteiger partial charge in [-0.15, -0.1) is 0 Å². The number of carbonyl (C=O) groups is 1. The molecule has 0 radical (unpaired) electrons. The second kappa shape index (κ2) is 6.54. The first-order valence-electron chi connectivity index (χ1n) is 6.31. The standard InChI is InChI=1S/C15H17N3O/c1-2-16-14-9-8-13(11-17-14)15(19)18-10-12-6-4-3-5-7-12/h3-9,11H,2,10H2,1H3,(H,16,17)(H,18,19). The SMILES string of the molecule is CCNc1ccc(C(=O)NCc2ccccc2)cn1. The van der Waals surface area contributed by atoms with E-state index in [0.717, 1.165) is 17.9 Å². The van der Waals surface area contributed by atoms with Crippen LogP contribution >= 0.6 is 0 Å². The molecule has 0 saturated heterocycles. The minimum Gasteiger partial charge on any atom is -0.370 e. The number of amides is 1. The number of anilines is 1. The van der Waals surface area contributed by atoms with Gasteiger partial charge in [-0.2, -0.15) is 0 Å². The highest BCUT2D eigenvalue weighted by Crippen LogP contribution is 2.05. The van der Waals surface area contributed by atoms with E-state index in [0.29, 0.717) is 12.1 Å². The monoisotopic (exact) mass is 255 g/mol. The van der Waals surface area contributed by atoms with Gasteiger partial charge < -0.3 is 10.6 Å². The first-order chi connectivity index (χ1) is 9.29. The van der Waals surface area contributed by atoms with E-state index >= 15 is 0 Å². The van der Waals surface area contributed by atoms with Crippen LogP contribution in [0.25, 0.3) is 0 Å². The topological polar surface area (TPSA) is 54.0 Å². The molecule has 0 unspecified atom stereocenters. The van der Waals surface area contributed by atoms with Crippen LogP contribution in [0.3, 0.4) is 0 Å². The lowest BCUT2D eigenvalue weighted by Crippen LogP contribution is -2.22. The van der Waals surface area contributed by atoms with Gasteiger partial charge in [0.2, 0.25) is 0 Å². The van der Waals surface area contributed by atoms with Gasteiger partial charge in [-0.25, -0.2) is 4.98 Å². The minimum absolute atomic E-state index is 0.112. The van der Waals surface area contributed by atoms with Crippen LogP contribution in [-0.4, -0.2) is 17.4 Å². The van der Waals surface area contributed by atoms with Crippen molar-refractivity contribution >= 4 is 11.7 Å². The smallest absolute Gasteiger partial charge is 0.253 e. The maximum Gasteiger partial charge on any atom is 0.253 e. The third-order valence-electron chi connectivity index (χ3n) is 2.68. The Morgan fingerprint density at radius 3 is 2.58 bits per heavy atom. The van der Waals surface area contributed by atoms with Crippen molar-refractivity contribution in [1.82, 2.24) is 10.3 Å². The lowest BCUT2D eigenvalue weighted by molar-refractivity contribution is 0.0950. The van der Waals surface area contributed by atoms with Crippen LogP contribution < -0.4 is 10.6 Å². The largest absolute Gasteiger partial charge is 0.370 e. The molecule has 0 aliphatic rings. The Morgan fingerprint density at radius 2 is 1.95 bits per heavy atom. The summed E-state index contributed by atoms with van der Waals surface area (Å²) >= 11 is 0. The van der Waals surface area contributed by atoms with Crippen LogP contribution in [0.5, 0.6) is 0 Å². The molecule has 4 heteroatoms. The summed E-state index contributed by atoms with van der Waals surface area (Å²) in [4.78, 5) is 16.1. The van der Waals surface area contributed by atoms with Crippen molar-refractivity contribution in [2.24, 2.45) is 0 Å². The van der Waals surface area contributed by atoms with Crippen molar-refractivity contribution in [2.75, 3.05) is 11.9 Å². The first-order valence-corrected chi connectivity index (χ1v) is 6.31. The highest BCUT2D eigenvalue weighted by atomic mass is 16.1. The molecule has 0 fully saturated rings. The molecule has 2 rings (SSSR count). The zero-order chi connectivity index (χ0) is 13.5.